The number of pyridine rings is 1. The maximum absolute atomic E-state index is 13.6. The number of aromatic nitrogens is 1. The van der Waals surface area contributed by atoms with Gasteiger partial charge in [0.1, 0.15) is 11.5 Å². The lowest BCUT2D eigenvalue weighted by Crippen LogP contribution is -2.24. The quantitative estimate of drug-likeness (QED) is 0.728. The normalized spacial score (nSPS) is 11.2. The molecule has 3 N–H and O–H groups in total. The number of hydrogen-bond acceptors (Lipinski definition) is 4. The molecule has 0 radical (unpaired) electrons. The van der Waals surface area contributed by atoms with Gasteiger partial charge in [0.2, 0.25) is 10.0 Å². The number of halogens is 1. The average Bonchev–Trinajstić information content (AvgIpc) is 2.44. The van der Waals surface area contributed by atoms with E-state index in [-0.39, 0.29) is 16.8 Å². The average molecular weight is 340 g/mol. The summed E-state index contributed by atoms with van der Waals surface area (Å²) in [6.45, 7) is 0. The second kappa shape index (κ2) is 6.61. The van der Waals surface area contributed by atoms with Crippen LogP contribution >= 0.6 is 0 Å². The Hall–Kier alpha value is -2.68. The molecule has 0 spiro atoms. The number of rotatable bonds is 6. The van der Waals surface area contributed by atoms with Crippen molar-refractivity contribution < 1.29 is 22.7 Å². The van der Waals surface area contributed by atoms with Crippen molar-refractivity contribution in [3.8, 4) is 0 Å². The van der Waals surface area contributed by atoms with Gasteiger partial charge in [0, 0.05) is 11.8 Å². The van der Waals surface area contributed by atoms with Crippen molar-refractivity contribution in [2.24, 2.45) is 0 Å². The maximum Gasteiger partial charge on any atom is 0.307 e. The van der Waals surface area contributed by atoms with Crippen molar-refractivity contribution in [2.45, 2.75) is 12.2 Å². The molecular formula is C14H13FN2O5S. The number of sulfonamides is 1. The fourth-order valence-corrected chi connectivity index (χ4v) is 3.20. The summed E-state index contributed by atoms with van der Waals surface area (Å²) in [5, 5.41) is 8.81. The maximum atomic E-state index is 13.6. The van der Waals surface area contributed by atoms with Crippen LogP contribution in [-0.4, -0.2) is 24.5 Å². The first-order chi connectivity index (χ1) is 10.8. The molecule has 0 saturated carbocycles. The molecule has 23 heavy (non-hydrogen) atoms. The predicted molar refractivity (Wildman–Crippen MR) is 81.0 cm³/mol. The van der Waals surface area contributed by atoms with Crippen LogP contribution in [0.4, 0.5) is 10.1 Å². The minimum absolute atomic E-state index is 0.0124. The first-order valence-corrected chi connectivity index (χ1v) is 8.10. The highest BCUT2D eigenvalue weighted by atomic mass is 32.2. The number of carboxylic acid groups (broad SMARTS) is 1. The van der Waals surface area contributed by atoms with Gasteiger partial charge in [-0.2, -0.15) is 0 Å². The van der Waals surface area contributed by atoms with Gasteiger partial charge in [0.05, 0.1) is 12.2 Å². The van der Waals surface area contributed by atoms with Gasteiger partial charge in [-0.1, -0.05) is 18.2 Å². The van der Waals surface area contributed by atoms with Crippen LogP contribution in [0.2, 0.25) is 0 Å². The molecule has 2 aromatic rings. The molecule has 0 aliphatic rings. The van der Waals surface area contributed by atoms with Crippen molar-refractivity contribution in [3.63, 3.8) is 0 Å². The SMILES string of the molecule is O=C(O)Cc1cc[nH]c(=O)c1NS(=O)(=O)Cc1ccccc1F. The summed E-state index contributed by atoms with van der Waals surface area (Å²) in [7, 11) is -4.09. The van der Waals surface area contributed by atoms with E-state index in [0.29, 0.717) is 0 Å². The zero-order valence-corrected chi connectivity index (χ0v) is 12.6. The van der Waals surface area contributed by atoms with E-state index >= 15 is 0 Å². The number of nitrogens with one attached hydrogen (secondary N) is 2. The van der Waals surface area contributed by atoms with Crippen LogP contribution in [0.5, 0.6) is 0 Å². The third-order valence-corrected chi connectivity index (χ3v) is 4.16. The third-order valence-electron chi connectivity index (χ3n) is 2.95. The molecule has 7 nitrogen and oxygen atoms in total. The number of carboxylic acids is 1. The lowest BCUT2D eigenvalue weighted by atomic mass is 10.1. The minimum atomic E-state index is -4.09. The summed E-state index contributed by atoms with van der Waals surface area (Å²) in [6.07, 6.45) is 0.691. The van der Waals surface area contributed by atoms with Crippen LogP contribution < -0.4 is 10.3 Å². The smallest absolute Gasteiger partial charge is 0.307 e. The second-order valence-electron chi connectivity index (χ2n) is 4.73. The molecule has 0 atom stereocenters. The van der Waals surface area contributed by atoms with Gasteiger partial charge >= 0.3 is 5.97 Å². The highest BCUT2D eigenvalue weighted by Gasteiger charge is 2.19. The topological polar surface area (TPSA) is 116 Å². The summed E-state index contributed by atoms with van der Waals surface area (Å²) in [4.78, 5) is 24.8. The lowest BCUT2D eigenvalue weighted by Gasteiger charge is -2.11. The van der Waals surface area contributed by atoms with Crippen LogP contribution in [-0.2, 0) is 27.0 Å². The van der Waals surface area contributed by atoms with Crippen molar-refractivity contribution in [1.82, 2.24) is 4.98 Å². The number of H-pyrrole nitrogens is 1. The van der Waals surface area contributed by atoms with E-state index in [4.69, 9.17) is 5.11 Å². The van der Waals surface area contributed by atoms with Crippen LogP contribution in [0.15, 0.2) is 41.3 Å². The number of benzene rings is 1. The summed E-state index contributed by atoms with van der Waals surface area (Å²) >= 11 is 0. The zero-order valence-electron chi connectivity index (χ0n) is 11.7. The van der Waals surface area contributed by atoms with E-state index in [9.17, 15) is 22.4 Å². The molecular weight excluding hydrogens is 327 g/mol. The monoisotopic (exact) mass is 340 g/mol. The molecule has 1 aromatic carbocycles. The third kappa shape index (κ3) is 4.39. The highest BCUT2D eigenvalue weighted by molar-refractivity contribution is 7.91. The van der Waals surface area contributed by atoms with Crippen molar-refractivity contribution in [3.05, 3.63) is 63.8 Å². The van der Waals surface area contributed by atoms with Gasteiger partial charge in [-0.25, -0.2) is 12.8 Å². The standard InChI is InChI=1S/C14H13FN2O5S/c15-11-4-2-1-3-10(11)8-23(21,22)17-13-9(7-12(18)19)5-6-16-14(13)20/h1-6,17H,7-8H2,(H,16,20)(H,18,19). The molecule has 0 aliphatic carbocycles. The minimum Gasteiger partial charge on any atom is -0.481 e. The molecule has 0 fully saturated rings. The summed E-state index contributed by atoms with van der Waals surface area (Å²) in [5.74, 6) is -2.59. The Bertz CT molecular complexity index is 892. The van der Waals surface area contributed by atoms with Crippen LogP contribution in [0.3, 0.4) is 0 Å². The van der Waals surface area contributed by atoms with E-state index in [1.165, 1.54) is 30.5 Å². The van der Waals surface area contributed by atoms with Crippen LogP contribution in [0.1, 0.15) is 11.1 Å². The second-order valence-corrected chi connectivity index (χ2v) is 6.45. The molecule has 0 unspecified atom stereocenters. The number of anilines is 1. The Balaban J connectivity index is 2.33. The fraction of sp³-hybridized carbons (Fsp3) is 0.143. The van der Waals surface area contributed by atoms with E-state index in [1.54, 1.807) is 0 Å². The van der Waals surface area contributed by atoms with Gasteiger partial charge in [0.15, 0.2) is 0 Å². The first kappa shape index (κ1) is 16.7. The molecule has 2 rings (SSSR count). The number of aliphatic carboxylic acids is 1. The van der Waals surface area contributed by atoms with E-state index in [0.717, 1.165) is 6.07 Å². The molecule has 0 aliphatic heterocycles. The first-order valence-electron chi connectivity index (χ1n) is 6.45. The number of carbonyl (C=O) groups is 1. The zero-order chi connectivity index (χ0) is 17.0. The number of hydrogen-bond donors (Lipinski definition) is 3. The van der Waals surface area contributed by atoms with E-state index in [2.05, 4.69) is 4.98 Å². The molecule has 1 heterocycles. The summed E-state index contributed by atoms with van der Waals surface area (Å²) < 4.78 is 39.9. The van der Waals surface area contributed by atoms with E-state index < -0.39 is 39.5 Å². The summed E-state index contributed by atoms with van der Waals surface area (Å²) in [5.41, 5.74) is -1.21. The molecule has 1 aromatic heterocycles. The van der Waals surface area contributed by atoms with Crippen molar-refractivity contribution >= 4 is 21.7 Å². The lowest BCUT2D eigenvalue weighted by molar-refractivity contribution is -0.136. The largest absolute Gasteiger partial charge is 0.481 e. The predicted octanol–water partition coefficient (Wildman–Crippen LogP) is 1.08. The van der Waals surface area contributed by atoms with Gasteiger partial charge in [-0.05, 0) is 17.7 Å². The molecule has 0 amide bonds. The van der Waals surface area contributed by atoms with Gasteiger partial charge in [0.25, 0.3) is 5.56 Å². The Kier molecular flexibility index (Phi) is 4.80. The van der Waals surface area contributed by atoms with Gasteiger partial charge in [-0.3, -0.25) is 14.3 Å². The highest BCUT2D eigenvalue weighted by Crippen LogP contribution is 2.16. The molecule has 0 saturated heterocycles. The van der Waals surface area contributed by atoms with Crippen LogP contribution in [0, 0.1) is 5.82 Å². The van der Waals surface area contributed by atoms with Crippen LogP contribution in [0.25, 0.3) is 0 Å². The molecule has 0 bridgehead atoms. The Morgan fingerprint density at radius 3 is 2.57 bits per heavy atom. The van der Waals surface area contributed by atoms with E-state index in [1.807, 2.05) is 4.72 Å². The van der Waals surface area contributed by atoms with Crippen molar-refractivity contribution in [1.29, 1.82) is 0 Å². The fourth-order valence-electron chi connectivity index (χ4n) is 1.95. The Morgan fingerprint density at radius 2 is 1.91 bits per heavy atom. The van der Waals surface area contributed by atoms with Crippen molar-refractivity contribution in [2.75, 3.05) is 4.72 Å². The number of aromatic amines is 1. The molecule has 9 heteroatoms. The summed E-state index contributed by atoms with van der Waals surface area (Å²) in [6, 6.07) is 6.62. The Morgan fingerprint density at radius 1 is 1.22 bits per heavy atom. The molecule has 122 valence electrons. The van der Waals surface area contributed by atoms with Gasteiger partial charge < -0.3 is 10.1 Å². The van der Waals surface area contributed by atoms with Gasteiger partial charge in [-0.15, -0.1) is 0 Å². The Labute approximate surface area is 130 Å².